The van der Waals surface area contributed by atoms with E-state index >= 15 is 0 Å². The number of hydrogen-bond acceptors (Lipinski definition) is 4. The molecule has 0 saturated carbocycles. The van der Waals surface area contributed by atoms with Gasteiger partial charge in [0, 0.05) is 5.69 Å². The number of hydrogen-bond donors (Lipinski definition) is 2. The zero-order valence-electron chi connectivity index (χ0n) is 18.8. The topological polar surface area (TPSA) is 84.5 Å². The molecular weight excluding hydrogens is 443 g/mol. The second-order valence-corrected chi connectivity index (χ2v) is 9.39. The van der Waals surface area contributed by atoms with Gasteiger partial charge in [-0.3, -0.25) is 4.79 Å². The minimum absolute atomic E-state index is 0.0243. The number of nitrogens with one attached hydrogen (secondary N) is 2. The van der Waals surface area contributed by atoms with Crippen molar-refractivity contribution in [3.8, 4) is 5.75 Å². The summed E-state index contributed by atoms with van der Waals surface area (Å²) in [6, 6.07) is 16.5. The number of aryl methyl sites for hydroxylation is 2. The van der Waals surface area contributed by atoms with Gasteiger partial charge in [0.25, 0.3) is 0 Å². The highest BCUT2D eigenvalue weighted by Gasteiger charge is 2.27. The zero-order chi connectivity index (χ0) is 24.0. The molecule has 0 spiro atoms. The first-order valence-corrected chi connectivity index (χ1v) is 12.0. The lowest BCUT2D eigenvalue weighted by atomic mass is 10.1. The number of ether oxygens (including phenoxy) is 1. The number of carbonyl (C=O) groups is 1. The quantitative estimate of drug-likeness (QED) is 0.486. The number of carbonyl (C=O) groups excluding carboxylic acids is 1. The lowest BCUT2D eigenvalue weighted by Gasteiger charge is -2.20. The average Bonchev–Trinajstić information content (AvgIpc) is 2.78. The second kappa shape index (κ2) is 10.6. The molecule has 8 heteroatoms. The minimum atomic E-state index is -4.03. The van der Waals surface area contributed by atoms with Crippen LogP contribution >= 0.6 is 0 Å². The van der Waals surface area contributed by atoms with Crippen molar-refractivity contribution in [2.75, 3.05) is 11.9 Å². The van der Waals surface area contributed by atoms with E-state index in [4.69, 9.17) is 4.74 Å². The summed E-state index contributed by atoms with van der Waals surface area (Å²) in [4.78, 5) is 13.1. The molecule has 1 amide bonds. The van der Waals surface area contributed by atoms with E-state index in [1.165, 1.54) is 24.3 Å². The molecule has 2 N–H and O–H groups in total. The van der Waals surface area contributed by atoms with Crippen molar-refractivity contribution < 1.29 is 22.3 Å². The van der Waals surface area contributed by atoms with Crippen LogP contribution in [0.1, 0.15) is 23.6 Å². The molecule has 3 aromatic carbocycles. The highest BCUT2D eigenvalue weighted by molar-refractivity contribution is 7.89. The van der Waals surface area contributed by atoms with Gasteiger partial charge < -0.3 is 10.1 Å². The Bertz CT molecular complexity index is 1230. The number of rotatable bonds is 9. The summed E-state index contributed by atoms with van der Waals surface area (Å²) in [5.41, 5.74) is 2.39. The van der Waals surface area contributed by atoms with Gasteiger partial charge in [-0.25, -0.2) is 12.8 Å². The predicted molar refractivity (Wildman–Crippen MR) is 126 cm³/mol. The molecule has 0 aliphatic rings. The Morgan fingerprint density at radius 2 is 1.73 bits per heavy atom. The van der Waals surface area contributed by atoms with E-state index in [-0.39, 0.29) is 17.0 Å². The van der Waals surface area contributed by atoms with Crippen molar-refractivity contribution in [2.45, 2.75) is 38.1 Å². The molecule has 0 aliphatic heterocycles. The number of anilines is 1. The summed E-state index contributed by atoms with van der Waals surface area (Å²) in [7, 11) is -4.03. The molecule has 6 nitrogen and oxygen atoms in total. The van der Waals surface area contributed by atoms with E-state index in [1.807, 2.05) is 37.3 Å². The normalized spacial score (nSPS) is 12.2. The molecule has 0 radical (unpaired) electrons. The third kappa shape index (κ3) is 6.40. The fourth-order valence-electron chi connectivity index (χ4n) is 3.35. The summed E-state index contributed by atoms with van der Waals surface area (Å²) >= 11 is 0. The maximum absolute atomic E-state index is 13.7. The fourth-order valence-corrected chi connectivity index (χ4v) is 4.63. The van der Waals surface area contributed by atoms with Gasteiger partial charge in [-0.15, -0.1) is 0 Å². The first kappa shape index (κ1) is 24.4. The van der Waals surface area contributed by atoms with Crippen LogP contribution in [0, 0.1) is 19.7 Å². The van der Waals surface area contributed by atoms with Crippen molar-refractivity contribution in [1.82, 2.24) is 4.72 Å². The van der Waals surface area contributed by atoms with Gasteiger partial charge in [-0.2, -0.15) is 4.72 Å². The number of amides is 1. The van der Waals surface area contributed by atoms with Crippen LogP contribution in [0.2, 0.25) is 0 Å². The number of sulfonamides is 1. The third-order valence-corrected chi connectivity index (χ3v) is 6.58. The van der Waals surface area contributed by atoms with Gasteiger partial charge in [-0.1, -0.05) is 36.4 Å². The summed E-state index contributed by atoms with van der Waals surface area (Å²) < 4.78 is 48.0. The summed E-state index contributed by atoms with van der Waals surface area (Å²) in [5.74, 6) is -0.489. The summed E-state index contributed by atoms with van der Waals surface area (Å²) in [5, 5.41) is 2.66. The Hall–Kier alpha value is -3.23. The molecule has 0 aliphatic carbocycles. The van der Waals surface area contributed by atoms with Crippen molar-refractivity contribution in [3.63, 3.8) is 0 Å². The lowest BCUT2D eigenvalue weighted by molar-refractivity contribution is -0.117. The Labute approximate surface area is 193 Å². The average molecular weight is 471 g/mol. The van der Waals surface area contributed by atoms with E-state index in [2.05, 4.69) is 10.0 Å². The molecule has 3 rings (SSSR count). The highest BCUT2D eigenvalue weighted by Crippen LogP contribution is 2.23. The Morgan fingerprint density at radius 1 is 1.00 bits per heavy atom. The van der Waals surface area contributed by atoms with Crippen LogP contribution in [-0.2, 0) is 21.2 Å². The van der Waals surface area contributed by atoms with E-state index in [9.17, 15) is 17.6 Å². The number of benzene rings is 3. The van der Waals surface area contributed by atoms with Gasteiger partial charge in [0.2, 0.25) is 15.9 Å². The first-order chi connectivity index (χ1) is 15.7. The van der Waals surface area contributed by atoms with Gasteiger partial charge in [-0.05, 0) is 74.2 Å². The van der Waals surface area contributed by atoms with Gasteiger partial charge in [0.05, 0.1) is 11.5 Å². The SMILES string of the molecule is CCOc1ccc(S(=O)(=O)NC(Cc2ccccc2)C(=O)Nc2cc(F)ccc2C)cc1C. The molecule has 0 fully saturated rings. The Kier molecular flexibility index (Phi) is 7.84. The maximum Gasteiger partial charge on any atom is 0.242 e. The molecule has 0 bridgehead atoms. The zero-order valence-corrected chi connectivity index (χ0v) is 19.6. The van der Waals surface area contributed by atoms with E-state index in [1.54, 1.807) is 26.0 Å². The molecule has 0 saturated heterocycles. The lowest BCUT2D eigenvalue weighted by Crippen LogP contribution is -2.45. The van der Waals surface area contributed by atoms with Crippen LogP contribution in [0.15, 0.2) is 71.6 Å². The highest BCUT2D eigenvalue weighted by atomic mass is 32.2. The van der Waals surface area contributed by atoms with Gasteiger partial charge in [0.15, 0.2) is 0 Å². The Morgan fingerprint density at radius 3 is 2.39 bits per heavy atom. The molecule has 174 valence electrons. The van der Waals surface area contributed by atoms with Gasteiger partial charge in [0.1, 0.15) is 17.6 Å². The van der Waals surface area contributed by atoms with Crippen molar-refractivity contribution in [1.29, 1.82) is 0 Å². The van der Waals surface area contributed by atoms with Gasteiger partial charge >= 0.3 is 0 Å². The standard InChI is InChI=1S/C25H27FN2O4S/c1-4-32-24-13-12-21(14-18(24)3)33(30,31)28-23(15-19-8-6-5-7-9-19)25(29)27-22-16-20(26)11-10-17(22)2/h5-14,16,23,28H,4,15H2,1-3H3,(H,27,29). The van der Waals surface area contributed by atoms with Crippen molar-refractivity contribution in [2.24, 2.45) is 0 Å². The first-order valence-electron chi connectivity index (χ1n) is 10.6. The smallest absolute Gasteiger partial charge is 0.242 e. The fraction of sp³-hybridized carbons (Fsp3) is 0.240. The van der Waals surface area contributed by atoms with Crippen LogP contribution in [0.5, 0.6) is 5.75 Å². The van der Waals surface area contributed by atoms with E-state index < -0.39 is 27.8 Å². The van der Waals surface area contributed by atoms with Crippen molar-refractivity contribution >= 4 is 21.6 Å². The molecule has 0 aromatic heterocycles. The third-order valence-electron chi connectivity index (χ3n) is 5.11. The molecule has 3 aromatic rings. The summed E-state index contributed by atoms with van der Waals surface area (Å²) in [6.45, 7) is 5.79. The van der Waals surface area contributed by atoms with Crippen LogP contribution in [0.4, 0.5) is 10.1 Å². The molecular formula is C25H27FN2O4S. The van der Waals surface area contributed by atoms with Crippen molar-refractivity contribution in [3.05, 3.63) is 89.2 Å². The molecule has 1 unspecified atom stereocenters. The largest absolute Gasteiger partial charge is 0.494 e. The maximum atomic E-state index is 13.7. The Balaban J connectivity index is 1.89. The van der Waals surface area contributed by atoms with Crippen LogP contribution in [0.3, 0.4) is 0 Å². The molecule has 1 atom stereocenters. The molecule has 33 heavy (non-hydrogen) atoms. The van der Waals surface area contributed by atoms with E-state index in [0.29, 0.717) is 23.5 Å². The summed E-state index contributed by atoms with van der Waals surface area (Å²) in [6.07, 6.45) is 0.121. The number of halogens is 1. The van der Waals surface area contributed by atoms with Crippen LogP contribution in [0.25, 0.3) is 0 Å². The second-order valence-electron chi connectivity index (χ2n) is 7.67. The molecule has 0 heterocycles. The van der Waals surface area contributed by atoms with E-state index in [0.717, 1.165) is 5.56 Å². The van der Waals surface area contributed by atoms with Crippen LogP contribution < -0.4 is 14.8 Å². The monoisotopic (exact) mass is 470 g/mol. The van der Waals surface area contributed by atoms with Crippen LogP contribution in [-0.4, -0.2) is 27.0 Å². The predicted octanol–water partition coefficient (Wildman–Crippen LogP) is 4.37. The minimum Gasteiger partial charge on any atom is -0.494 e.